The van der Waals surface area contributed by atoms with Gasteiger partial charge in [0, 0.05) is 38.0 Å². The molecule has 0 unspecified atom stereocenters. The quantitative estimate of drug-likeness (QED) is 0.884. The zero-order valence-electron chi connectivity index (χ0n) is 13.1. The first-order valence-corrected chi connectivity index (χ1v) is 7.94. The van der Waals surface area contributed by atoms with Gasteiger partial charge >= 0.3 is 6.03 Å². The fourth-order valence-electron chi connectivity index (χ4n) is 2.88. The number of carbonyl (C=O) groups is 2. The molecule has 2 saturated heterocycles. The maximum Gasteiger partial charge on any atom is 0.325 e. The Morgan fingerprint density at radius 3 is 2.83 bits per heavy atom. The second-order valence-electron chi connectivity index (χ2n) is 5.89. The first kappa shape index (κ1) is 16.6. The highest BCUT2D eigenvalue weighted by molar-refractivity contribution is 5.96. The van der Waals surface area contributed by atoms with E-state index in [0.29, 0.717) is 26.2 Å². The van der Waals surface area contributed by atoms with Gasteiger partial charge in [-0.25, -0.2) is 13.6 Å². The van der Waals surface area contributed by atoms with Crippen LogP contribution in [0.4, 0.5) is 19.3 Å². The number of amides is 3. The van der Waals surface area contributed by atoms with Gasteiger partial charge in [-0.2, -0.15) is 0 Å². The summed E-state index contributed by atoms with van der Waals surface area (Å²) in [6, 6.07) is 2.91. The van der Waals surface area contributed by atoms with E-state index in [-0.39, 0.29) is 24.2 Å². The summed E-state index contributed by atoms with van der Waals surface area (Å²) in [5.41, 5.74) is 0.279. The summed E-state index contributed by atoms with van der Waals surface area (Å²) in [5, 5.41) is 2.76. The number of rotatable bonds is 5. The molecular formula is C16H19F2N3O3. The van der Waals surface area contributed by atoms with Crippen LogP contribution in [0, 0.1) is 11.6 Å². The number of hydrogen-bond donors (Lipinski definition) is 1. The Bertz CT molecular complexity index is 635. The Balaban J connectivity index is 1.53. The van der Waals surface area contributed by atoms with Crippen LogP contribution < -0.4 is 10.2 Å². The van der Waals surface area contributed by atoms with E-state index < -0.39 is 17.7 Å². The summed E-state index contributed by atoms with van der Waals surface area (Å²) in [6.07, 6.45) is 1.96. The first-order valence-electron chi connectivity index (χ1n) is 7.94. The van der Waals surface area contributed by atoms with E-state index in [1.807, 2.05) is 0 Å². The van der Waals surface area contributed by atoms with Crippen molar-refractivity contribution >= 4 is 17.6 Å². The van der Waals surface area contributed by atoms with Crippen LogP contribution in [0.5, 0.6) is 0 Å². The largest absolute Gasteiger partial charge is 0.376 e. The monoisotopic (exact) mass is 339 g/mol. The fourth-order valence-corrected chi connectivity index (χ4v) is 2.88. The van der Waals surface area contributed by atoms with Crippen LogP contribution in [-0.2, 0) is 9.53 Å². The predicted molar refractivity (Wildman–Crippen MR) is 82.7 cm³/mol. The van der Waals surface area contributed by atoms with E-state index in [1.54, 1.807) is 0 Å². The third kappa shape index (κ3) is 3.64. The number of halogens is 2. The number of benzene rings is 1. The minimum atomic E-state index is -1.01. The summed E-state index contributed by atoms with van der Waals surface area (Å²) in [6.45, 7) is 1.77. The first-order chi connectivity index (χ1) is 11.5. The van der Waals surface area contributed by atoms with Crippen molar-refractivity contribution < 1.29 is 23.1 Å². The van der Waals surface area contributed by atoms with Gasteiger partial charge in [0.05, 0.1) is 6.10 Å². The van der Waals surface area contributed by atoms with E-state index in [1.165, 1.54) is 15.9 Å². The molecule has 1 atom stereocenters. The summed E-state index contributed by atoms with van der Waals surface area (Å²) in [4.78, 5) is 27.0. The van der Waals surface area contributed by atoms with Crippen LogP contribution in [0.1, 0.15) is 12.8 Å². The Kier molecular flexibility index (Phi) is 4.94. The van der Waals surface area contributed by atoms with E-state index in [9.17, 15) is 18.4 Å². The van der Waals surface area contributed by atoms with Crippen LogP contribution in [0.3, 0.4) is 0 Å². The molecule has 0 aromatic heterocycles. The van der Waals surface area contributed by atoms with Crippen molar-refractivity contribution in [3.63, 3.8) is 0 Å². The molecule has 6 nitrogen and oxygen atoms in total. The number of hydrogen-bond acceptors (Lipinski definition) is 3. The standard InChI is InChI=1S/C16H19F2N3O3/c17-13-4-3-11(8-14(13)18)21-6-5-20(16(21)23)10-15(22)19-9-12-2-1-7-24-12/h3-4,8,12H,1-2,5-7,9-10H2,(H,19,22)/t12-/m0/s1. The minimum absolute atomic E-state index is 0.0434. The molecule has 3 rings (SSSR count). The van der Waals surface area contributed by atoms with Crippen molar-refractivity contribution in [3.05, 3.63) is 29.8 Å². The third-order valence-corrected chi connectivity index (χ3v) is 4.20. The van der Waals surface area contributed by atoms with Crippen LogP contribution in [-0.4, -0.2) is 55.7 Å². The molecule has 2 aliphatic rings. The molecule has 2 heterocycles. The SMILES string of the molecule is O=C(CN1CCN(c2ccc(F)c(F)c2)C1=O)NC[C@@H]1CCCO1. The van der Waals surface area contributed by atoms with Gasteiger partial charge in [-0.3, -0.25) is 9.69 Å². The molecule has 0 saturated carbocycles. The van der Waals surface area contributed by atoms with Crippen molar-refractivity contribution in [2.45, 2.75) is 18.9 Å². The Hall–Kier alpha value is -2.22. The molecule has 2 aliphatic heterocycles. The molecule has 0 radical (unpaired) electrons. The Morgan fingerprint density at radius 2 is 2.12 bits per heavy atom. The lowest BCUT2D eigenvalue weighted by atomic mass is 10.2. The lowest BCUT2D eigenvalue weighted by molar-refractivity contribution is -0.122. The van der Waals surface area contributed by atoms with Crippen molar-refractivity contribution in [1.82, 2.24) is 10.2 Å². The highest BCUT2D eigenvalue weighted by Crippen LogP contribution is 2.22. The minimum Gasteiger partial charge on any atom is -0.376 e. The lowest BCUT2D eigenvalue weighted by Gasteiger charge is -2.19. The molecule has 1 aromatic rings. The van der Waals surface area contributed by atoms with Gasteiger partial charge in [-0.1, -0.05) is 0 Å². The van der Waals surface area contributed by atoms with E-state index >= 15 is 0 Å². The average Bonchev–Trinajstić information content (AvgIpc) is 3.19. The average molecular weight is 339 g/mol. The molecular weight excluding hydrogens is 320 g/mol. The Labute approximate surface area is 138 Å². The number of nitrogens with zero attached hydrogens (tertiary/aromatic N) is 2. The molecule has 0 aliphatic carbocycles. The third-order valence-electron chi connectivity index (χ3n) is 4.20. The molecule has 3 amide bonds. The van der Waals surface area contributed by atoms with E-state index in [2.05, 4.69) is 5.32 Å². The van der Waals surface area contributed by atoms with Gasteiger partial charge in [0.2, 0.25) is 5.91 Å². The van der Waals surface area contributed by atoms with Crippen LogP contribution in [0.15, 0.2) is 18.2 Å². The summed E-state index contributed by atoms with van der Waals surface area (Å²) in [5.74, 6) is -2.23. The van der Waals surface area contributed by atoms with Crippen molar-refractivity contribution in [2.75, 3.05) is 37.7 Å². The number of carbonyl (C=O) groups excluding carboxylic acids is 2. The van der Waals surface area contributed by atoms with Gasteiger partial charge in [-0.15, -0.1) is 0 Å². The van der Waals surface area contributed by atoms with Crippen molar-refractivity contribution in [1.29, 1.82) is 0 Å². The van der Waals surface area contributed by atoms with Crippen LogP contribution in [0.2, 0.25) is 0 Å². The van der Waals surface area contributed by atoms with Gasteiger partial charge < -0.3 is 15.0 Å². The number of ether oxygens (including phenoxy) is 1. The second-order valence-corrected chi connectivity index (χ2v) is 5.89. The number of nitrogens with one attached hydrogen (secondary N) is 1. The Morgan fingerprint density at radius 1 is 1.29 bits per heavy atom. The van der Waals surface area contributed by atoms with Gasteiger partial charge in [0.25, 0.3) is 0 Å². The van der Waals surface area contributed by atoms with Crippen LogP contribution in [0.25, 0.3) is 0 Å². The van der Waals surface area contributed by atoms with Crippen molar-refractivity contribution in [2.24, 2.45) is 0 Å². The smallest absolute Gasteiger partial charge is 0.325 e. The number of anilines is 1. The maximum absolute atomic E-state index is 13.3. The zero-order valence-corrected chi connectivity index (χ0v) is 13.1. The summed E-state index contributed by atoms with van der Waals surface area (Å²) < 4.78 is 31.7. The maximum atomic E-state index is 13.3. The number of urea groups is 1. The molecule has 1 N–H and O–H groups in total. The second kappa shape index (κ2) is 7.12. The zero-order chi connectivity index (χ0) is 17.1. The molecule has 0 spiro atoms. The molecule has 2 fully saturated rings. The predicted octanol–water partition coefficient (Wildman–Crippen LogP) is 1.50. The highest BCUT2D eigenvalue weighted by atomic mass is 19.2. The van der Waals surface area contributed by atoms with Gasteiger partial charge in [-0.05, 0) is 25.0 Å². The van der Waals surface area contributed by atoms with Crippen LogP contribution >= 0.6 is 0 Å². The van der Waals surface area contributed by atoms with Gasteiger partial charge in [0.1, 0.15) is 6.54 Å². The highest BCUT2D eigenvalue weighted by Gasteiger charge is 2.31. The normalized spacial score (nSPS) is 20.8. The molecule has 24 heavy (non-hydrogen) atoms. The fraction of sp³-hybridized carbons (Fsp3) is 0.500. The summed E-state index contributed by atoms with van der Waals surface area (Å²) in [7, 11) is 0. The lowest BCUT2D eigenvalue weighted by Crippen LogP contribution is -2.42. The van der Waals surface area contributed by atoms with Gasteiger partial charge in [0.15, 0.2) is 11.6 Å². The topological polar surface area (TPSA) is 61.9 Å². The van der Waals surface area contributed by atoms with E-state index in [0.717, 1.165) is 25.0 Å². The molecule has 1 aromatic carbocycles. The van der Waals surface area contributed by atoms with E-state index in [4.69, 9.17) is 4.74 Å². The van der Waals surface area contributed by atoms with Crippen molar-refractivity contribution in [3.8, 4) is 0 Å². The molecule has 8 heteroatoms. The molecule has 130 valence electrons. The summed E-state index contributed by atoms with van der Waals surface area (Å²) >= 11 is 0. The molecule has 0 bridgehead atoms.